The Balaban J connectivity index is 1.71. The van der Waals surface area contributed by atoms with E-state index in [2.05, 4.69) is 17.9 Å². The van der Waals surface area contributed by atoms with E-state index in [0.29, 0.717) is 18.2 Å². The molecular formula is C18H19N3O3. The van der Waals surface area contributed by atoms with Crippen LogP contribution in [-0.2, 0) is 0 Å². The van der Waals surface area contributed by atoms with E-state index in [9.17, 15) is 9.59 Å². The van der Waals surface area contributed by atoms with Gasteiger partial charge in [0.2, 0.25) is 0 Å². The van der Waals surface area contributed by atoms with E-state index >= 15 is 0 Å². The quantitative estimate of drug-likeness (QED) is 0.939. The first-order valence-corrected chi connectivity index (χ1v) is 8.12. The molecule has 2 N–H and O–H groups in total. The van der Waals surface area contributed by atoms with E-state index in [4.69, 9.17) is 10.2 Å². The molecule has 2 aliphatic rings. The molecule has 1 aliphatic carbocycles. The van der Waals surface area contributed by atoms with Crippen LogP contribution in [0.4, 0.5) is 11.4 Å². The molecular weight excluding hydrogens is 306 g/mol. The van der Waals surface area contributed by atoms with Gasteiger partial charge in [-0.2, -0.15) is 0 Å². The predicted molar refractivity (Wildman–Crippen MR) is 90.4 cm³/mol. The Kier molecular flexibility index (Phi) is 3.33. The van der Waals surface area contributed by atoms with Gasteiger partial charge in [0.05, 0.1) is 16.9 Å². The molecule has 1 saturated carbocycles. The monoisotopic (exact) mass is 325 g/mol. The van der Waals surface area contributed by atoms with Crippen molar-refractivity contribution in [3.63, 3.8) is 0 Å². The van der Waals surface area contributed by atoms with Crippen LogP contribution in [0, 0.1) is 6.92 Å². The minimum absolute atomic E-state index is 0.000526. The highest BCUT2D eigenvalue weighted by Gasteiger charge is 2.36. The van der Waals surface area contributed by atoms with E-state index in [-0.39, 0.29) is 11.7 Å². The largest absolute Gasteiger partial charge is 0.458 e. The fraction of sp³-hybridized carbons (Fsp3) is 0.333. The van der Waals surface area contributed by atoms with Gasteiger partial charge in [-0.25, -0.2) is 0 Å². The summed E-state index contributed by atoms with van der Waals surface area (Å²) in [5.74, 6) is -0.850. The van der Waals surface area contributed by atoms with Gasteiger partial charge in [0.25, 0.3) is 11.8 Å². The molecule has 0 saturated heterocycles. The second-order valence-corrected chi connectivity index (χ2v) is 6.39. The van der Waals surface area contributed by atoms with Gasteiger partial charge in [-0.3, -0.25) is 9.59 Å². The normalized spacial score (nSPS) is 16.9. The standard InChI is InChI=1S/C18H19N3O3/c1-11-3-2-4-14-16(11)20(13-5-6-13)7-8-21(14)18(23)12-9-15(17(19)22)24-10-12/h2-4,9-10,13H,5-8H2,1H3,(H2,19,22). The second-order valence-electron chi connectivity index (χ2n) is 6.39. The van der Waals surface area contributed by atoms with Crippen LogP contribution in [0.3, 0.4) is 0 Å². The number of hydrogen-bond acceptors (Lipinski definition) is 4. The van der Waals surface area contributed by atoms with Gasteiger partial charge in [0, 0.05) is 25.2 Å². The summed E-state index contributed by atoms with van der Waals surface area (Å²) in [6.45, 7) is 3.50. The maximum atomic E-state index is 12.9. The number of carbonyl (C=O) groups is 2. The lowest BCUT2D eigenvalue weighted by molar-refractivity contribution is 0.0969. The first-order chi connectivity index (χ1) is 11.6. The SMILES string of the molecule is Cc1cccc2c1N(C1CC1)CCN2C(=O)c1coc(C(N)=O)c1. The number of primary amides is 1. The van der Waals surface area contributed by atoms with Gasteiger partial charge in [-0.05, 0) is 31.4 Å². The molecule has 6 heteroatoms. The van der Waals surface area contributed by atoms with Crippen molar-refractivity contribution < 1.29 is 14.0 Å². The molecule has 1 aromatic carbocycles. The van der Waals surface area contributed by atoms with Crippen molar-refractivity contribution >= 4 is 23.2 Å². The molecule has 2 heterocycles. The molecule has 0 unspecified atom stereocenters. The molecule has 124 valence electrons. The van der Waals surface area contributed by atoms with Gasteiger partial charge in [0.1, 0.15) is 6.26 Å². The van der Waals surface area contributed by atoms with Crippen molar-refractivity contribution in [2.45, 2.75) is 25.8 Å². The zero-order valence-electron chi connectivity index (χ0n) is 13.5. The van der Waals surface area contributed by atoms with Crippen LogP contribution < -0.4 is 15.5 Å². The molecule has 0 radical (unpaired) electrons. The van der Waals surface area contributed by atoms with Crippen LogP contribution in [0.2, 0.25) is 0 Å². The topological polar surface area (TPSA) is 79.8 Å². The Morgan fingerprint density at radius 3 is 2.71 bits per heavy atom. The summed E-state index contributed by atoms with van der Waals surface area (Å²) in [4.78, 5) is 28.3. The maximum Gasteiger partial charge on any atom is 0.284 e. The summed E-state index contributed by atoms with van der Waals surface area (Å²) >= 11 is 0. The number of para-hydroxylation sites is 1. The number of furan rings is 1. The molecule has 4 rings (SSSR count). The number of nitrogens with zero attached hydrogens (tertiary/aromatic N) is 2. The number of aryl methyl sites for hydroxylation is 1. The number of anilines is 2. The van der Waals surface area contributed by atoms with Crippen molar-refractivity contribution in [1.82, 2.24) is 0 Å². The van der Waals surface area contributed by atoms with E-state index in [0.717, 1.165) is 17.9 Å². The molecule has 0 spiro atoms. The van der Waals surface area contributed by atoms with Crippen molar-refractivity contribution in [1.29, 1.82) is 0 Å². The smallest absolute Gasteiger partial charge is 0.284 e. The minimum atomic E-state index is -0.677. The Bertz CT molecular complexity index is 823. The zero-order valence-corrected chi connectivity index (χ0v) is 13.5. The lowest BCUT2D eigenvalue weighted by atomic mass is 10.1. The van der Waals surface area contributed by atoms with Crippen LogP contribution in [0.15, 0.2) is 34.9 Å². The third-order valence-electron chi connectivity index (χ3n) is 4.68. The summed E-state index contributed by atoms with van der Waals surface area (Å²) < 4.78 is 5.09. The molecule has 1 aromatic heterocycles. The van der Waals surface area contributed by atoms with Crippen LogP contribution in [0.25, 0.3) is 0 Å². The number of fused-ring (bicyclic) bond motifs is 1. The highest BCUT2D eigenvalue weighted by molar-refractivity contribution is 6.09. The fourth-order valence-corrected chi connectivity index (χ4v) is 3.37. The molecule has 0 atom stereocenters. The van der Waals surface area contributed by atoms with Crippen molar-refractivity contribution in [3.05, 3.63) is 47.4 Å². The number of hydrogen-bond donors (Lipinski definition) is 1. The third kappa shape index (κ3) is 2.35. The summed E-state index contributed by atoms with van der Waals surface area (Å²) in [6.07, 6.45) is 3.72. The number of rotatable bonds is 3. The lowest BCUT2D eigenvalue weighted by Gasteiger charge is -2.39. The zero-order chi connectivity index (χ0) is 16.8. The molecule has 24 heavy (non-hydrogen) atoms. The fourth-order valence-electron chi connectivity index (χ4n) is 3.37. The van der Waals surface area contributed by atoms with Crippen LogP contribution in [0.5, 0.6) is 0 Å². The number of nitrogens with two attached hydrogens (primary N) is 1. The predicted octanol–water partition coefficient (Wildman–Crippen LogP) is 2.32. The van der Waals surface area contributed by atoms with Crippen LogP contribution >= 0.6 is 0 Å². The Hall–Kier alpha value is -2.76. The Labute approximate surface area is 139 Å². The van der Waals surface area contributed by atoms with Crippen molar-refractivity contribution in [2.24, 2.45) is 5.73 Å². The van der Waals surface area contributed by atoms with Crippen molar-refractivity contribution in [2.75, 3.05) is 22.9 Å². The Morgan fingerprint density at radius 2 is 2.04 bits per heavy atom. The van der Waals surface area contributed by atoms with Crippen LogP contribution in [-0.4, -0.2) is 30.9 Å². The molecule has 2 amide bonds. The molecule has 2 aromatic rings. The average molecular weight is 325 g/mol. The highest BCUT2D eigenvalue weighted by atomic mass is 16.3. The van der Waals surface area contributed by atoms with Gasteiger partial charge in [0.15, 0.2) is 5.76 Å². The van der Waals surface area contributed by atoms with Crippen molar-refractivity contribution in [3.8, 4) is 0 Å². The van der Waals surface area contributed by atoms with E-state index in [1.807, 2.05) is 12.1 Å². The third-order valence-corrected chi connectivity index (χ3v) is 4.68. The number of benzene rings is 1. The van der Waals surface area contributed by atoms with Gasteiger partial charge in [-0.15, -0.1) is 0 Å². The molecule has 1 aliphatic heterocycles. The van der Waals surface area contributed by atoms with Gasteiger partial charge >= 0.3 is 0 Å². The van der Waals surface area contributed by atoms with E-state index in [1.54, 1.807) is 4.90 Å². The maximum absolute atomic E-state index is 12.9. The summed E-state index contributed by atoms with van der Waals surface area (Å²) in [5.41, 5.74) is 8.76. The molecule has 6 nitrogen and oxygen atoms in total. The van der Waals surface area contributed by atoms with Crippen LogP contribution in [0.1, 0.15) is 39.3 Å². The van der Waals surface area contributed by atoms with E-state index < -0.39 is 5.91 Å². The molecule has 0 bridgehead atoms. The van der Waals surface area contributed by atoms with Gasteiger partial charge in [-0.1, -0.05) is 12.1 Å². The highest BCUT2D eigenvalue weighted by Crippen LogP contribution is 2.42. The van der Waals surface area contributed by atoms with Gasteiger partial charge < -0.3 is 20.0 Å². The summed E-state index contributed by atoms with van der Waals surface area (Å²) in [6, 6.07) is 8.02. The molecule has 1 fully saturated rings. The number of carbonyl (C=O) groups excluding carboxylic acids is 2. The average Bonchev–Trinajstić information content (AvgIpc) is 3.29. The minimum Gasteiger partial charge on any atom is -0.458 e. The summed E-state index contributed by atoms with van der Waals surface area (Å²) in [5, 5.41) is 0. The summed E-state index contributed by atoms with van der Waals surface area (Å²) in [7, 11) is 0. The first-order valence-electron chi connectivity index (χ1n) is 8.12. The lowest BCUT2D eigenvalue weighted by Crippen LogP contribution is -2.45. The first kappa shape index (κ1) is 14.8. The number of amides is 2. The second kappa shape index (κ2) is 5.40. The Morgan fingerprint density at radius 1 is 1.25 bits per heavy atom. The van der Waals surface area contributed by atoms with E-state index in [1.165, 1.54) is 30.7 Å².